The third-order valence-electron chi connectivity index (χ3n) is 2.52. The van der Waals surface area contributed by atoms with Gasteiger partial charge in [0.15, 0.2) is 0 Å². The number of methoxy groups -OCH3 is 2. The van der Waals surface area contributed by atoms with Gasteiger partial charge in [-0.05, 0) is 23.8 Å². The van der Waals surface area contributed by atoms with E-state index in [4.69, 9.17) is 24.9 Å². The summed E-state index contributed by atoms with van der Waals surface area (Å²) >= 11 is 0. The molecular weight excluding hydrogens is 320 g/mol. The van der Waals surface area contributed by atoms with Crippen molar-refractivity contribution in [2.45, 2.75) is 17.9 Å². The first kappa shape index (κ1) is 17.9. The molecule has 0 aromatic heterocycles. The number of ether oxygens (including phenoxy) is 3. The van der Waals surface area contributed by atoms with E-state index in [0.29, 0.717) is 18.6 Å². The summed E-state index contributed by atoms with van der Waals surface area (Å²) in [7, 11) is 4.39. The van der Waals surface area contributed by atoms with Crippen LogP contribution in [0.4, 0.5) is 0 Å². The SMILES string of the molecule is COCCCOC(=O)c1cc(COC)cc(S(=O)(=O)Cl)c1. The minimum atomic E-state index is -3.94. The van der Waals surface area contributed by atoms with E-state index in [1.807, 2.05) is 0 Å². The Bertz CT molecular complexity index is 584. The minimum absolute atomic E-state index is 0.112. The first-order valence-electron chi connectivity index (χ1n) is 6.12. The molecule has 0 spiro atoms. The topological polar surface area (TPSA) is 78.9 Å². The second-order valence-corrected chi connectivity index (χ2v) is 6.78. The Morgan fingerprint density at radius 3 is 2.43 bits per heavy atom. The Morgan fingerprint density at radius 2 is 1.86 bits per heavy atom. The highest BCUT2D eigenvalue weighted by Gasteiger charge is 2.16. The molecule has 1 aromatic rings. The summed E-state index contributed by atoms with van der Waals surface area (Å²) in [6, 6.07) is 4.04. The van der Waals surface area contributed by atoms with E-state index in [2.05, 4.69) is 0 Å². The van der Waals surface area contributed by atoms with Crippen LogP contribution in [-0.4, -0.2) is 41.8 Å². The molecule has 0 aliphatic heterocycles. The molecule has 0 aliphatic rings. The summed E-state index contributed by atoms with van der Waals surface area (Å²) in [5.74, 6) is -0.620. The maximum absolute atomic E-state index is 11.9. The summed E-state index contributed by atoms with van der Waals surface area (Å²) in [5.41, 5.74) is 0.629. The number of esters is 1. The van der Waals surface area contributed by atoms with Crippen molar-refractivity contribution in [3.63, 3.8) is 0 Å². The van der Waals surface area contributed by atoms with Crippen LogP contribution >= 0.6 is 10.7 Å². The number of benzene rings is 1. The van der Waals surface area contributed by atoms with E-state index in [1.165, 1.54) is 25.3 Å². The zero-order valence-corrected chi connectivity index (χ0v) is 13.4. The maximum Gasteiger partial charge on any atom is 0.338 e. The number of hydrogen-bond donors (Lipinski definition) is 0. The molecule has 0 radical (unpaired) electrons. The van der Waals surface area contributed by atoms with Gasteiger partial charge in [-0.1, -0.05) is 0 Å². The van der Waals surface area contributed by atoms with Crippen molar-refractivity contribution < 1.29 is 27.4 Å². The van der Waals surface area contributed by atoms with Gasteiger partial charge >= 0.3 is 5.97 Å². The molecule has 0 fully saturated rings. The lowest BCUT2D eigenvalue weighted by Gasteiger charge is -2.08. The summed E-state index contributed by atoms with van der Waals surface area (Å²) < 4.78 is 37.6. The summed E-state index contributed by atoms with van der Waals surface area (Å²) in [4.78, 5) is 11.7. The molecule has 8 heteroatoms. The molecule has 0 heterocycles. The lowest BCUT2D eigenvalue weighted by atomic mass is 10.1. The van der Waals surface area contributed by atoms with E-state index in [9.17, 15) is 13.2 Å². The highest BCUT2D eigenvalue weighted by molar-refractivity contribution is 8.13. The number of carbonyl (C=O) groups is 1. The van der Waals surface area contributed by atoms with Crippen LogP contribution in [0.3, 0.4) is 0 Å². The van der Waals surface area contributed by atoms with Crippen LogP contribution in [-0.2, 0) is 29.9 Å². The number of carbonyl (C=O) groups excluding carboxylic acids is 1. The molecule has 0 aliphatic carbocycles. The van der Waals surface area contributed by atoms with Gasteiger partial charge in [0.2, 0.25) is 0 Å². The first-order valence-corrected chi connectivity index (χ1v) is 8.43. The fraction of sp³-hybridized carbons (Fsp3) is 0.462. The normalized spacial score (nSPS) is 11.4. The van der Waals surface area contributed by atoms with Crippen molar-refractivity contribution in [1.82, 2.24) is 0 Å². The lowest BCUT2D eigenvalue weighted by molar-refractivity contribution is 0.0468. The van der Waals surface area contributed by atoms with Gasteiger partial charge in [-0.25, -0.2) is 13.2 Å². The molecule has 0 unspecified atom stereocenters. The fourth-order valence-electron chi connectivity index (χ4n) is 1.62. The number of halogens is 1. The van der Waals surface area contributed by atoms with Crippen molar-refractivity contribution in [3.8, 4) is 0 Å². The van der Waals surface area contributed by atoms with Crippen LogP contribution in [0.2, 0.25) is 0 Å². The van der Waals surface area contributed by atoms with Crippen molar-refractivity contribution >= 4 is 25.7 Å². The van der Waals surface area contributed by atoms with Crippen LogP contribution in [0.5, 0.6) is 0 Å². The molecule has 1 rings (SSSR count). The first-order chi connectivity index (χ1) is 9.88. The molecule has 0 saturated carbocycles. The van der Waals surface area contributed by atoms with Gasteiger partial charge in [0, 0.05) is 37.9 Å². The van der Waals surface area contributed by atoms with E-state index >= 15 is 0 Å². The van der Waals surface area contributed by atoms with Gasteiger partial charge in [0.05, 0.1) is 23.7 Å². The molecule has 0 amide bonds. The smallest absolute Gasteiger partial charge is 0.338 e. The van der Waals surface area contributed by atoms with Crippen LogP contribution < -0.4 is 0 Å². The average Bonchev–Trinajstić information content (AvgIpc) is 2.42. The minimum Gasteiger partial charge on any atom is -0.462 e. The molecular formula is C13H17ClO6S. The summed E-state index contributed by atoms with van der Waals surface area (Å²) in [5, 5.41) is 0. The Kier molecular flexibility index (Phi) is 7.10. The van der Waals surface area contributed by atoms with Crippen molar-refractivity contribution in [2.24, 2.45) is 0 Å². The standard InChI is InChI=1S/C13H17ClO6S/c1-18-4-3-5-20-13(15)11-6-10(9-19-2)7-12(8-11)21(14,16)17/h6-8H,3-5,9H2,1-2H3. The van der Waals surface area contributed by atoms with Crippen molar-refractivity contribution in [1.29, 1.82) is 0 Å². The number of hydrogen-bond acceptors (Lipinski definition) is 6. The Hall–Kier alpha value is -1.15. The van der Waals surface area contributed by atoms with Crippen LogP contribution in [0.15, 0.2) is 23.1 Å². The average molecular weight is 337 g/mol. The zero-order chi connectivity index (χ0) is 15.9. The zero-order valence-electron chi connectivity index (χ0n) is 11.8. The third-order valence-corrected chi connectivity index (χ3v) is 3.85. The van der Waals surface area contributed by atoms with E-state index in [-0.39, 0.29) is 23.7 Å². The van der Waals surface area contributed by atoms with Crippen LogP contribution in [0.1, 0.15) is 22.3 Å². The monoisotopic (exact) mass is 336 g/mol. The van der Waals surface area contributed by atoms with E-state index < -0.39 is 15.0 Å². The number of rotatable bonds is 8. The van der Waals surface area contributed by atoms with Gasteiger partial charge in [0.1, 0.15) is 0 Å². The molecule has 118 valence electrons. The molecule has 0 N–H and O–H groups in total. The van der Waals surface area contributed by atoms with Crippen molar-refractivity contribution in [3.05, 3.63) is 29.3 Å². The summed E-state index contributed by atoms with van der Waals surface area (Å²) in [6.45, 7) is 0.812. The van der Waals surface area contributed by atoms with Crippen molar-refractivity contribution in [2.75, 3.05) is 27.4 Å². The molecule has 1 aromatic carbocycles. The van der Waals surface area contributed by atoms with E-state index in [1.54, 1.807) is 7.11 Å². The quantitative estimate of drug-likeness (QED) is 0.410. The highest BCUT2D eigenvalue weighted by atomic mass is 35.7. The Morgan fingerprint density at radius 1 is 1.14 bits per heavy atom. The molecule has 6 nitrogen and oxygen atoms in total. The molecule has 0 atom stereocenters. The lowest BCUT2D eigenvalue weighted by Crippen LogP contribution is -2.09. The fourth-order valence-corrected chi connectivity index (χ4v) is 2.45. The van der Waals surface area contributed by atoms with Gasteiger partial charge in [0.25, 0.3) is 9.05 Å². The third kappa shape index (κ3) is 6.01. The second kappa shape index (κ2) is 8.33. The molecule has 0 saturated heterocycles. The molecule has 0 bridgehead atoms. The van der Waals surface area contributed by atoms with E-state index in [0.717, 1.165) is 0 Å². The predicted molar refractivity (Wildman–Crippen MR) is 77.0 cm³/mol. The van der Waals surface area contributed by atoms with Crippen LogP contribution in [0.25, 0.3) is 0 Å². The Balaban J connectivity index is 2.94. The highest BCUT2D eigenvalue weighted by Crippen LogP contribution is 2.20. The van der Waals surface area contributed by atoms with Gasteiger partial charge in [-0.2, -0.15) is 0 Å². The van der Waals surface area contributed by atoms with Crippen LogP contribution in [0, 0.1) is 0 Å². The second-order valence-electron chi connectivity index (χ2n) is 4.22. The Labute approximate surface area is 128 Å². The maximum atomic E-state index is 11.9. The largest absolute Gasteiger partial charge is 0.462 e. The predicted octanol–water partition coefficient (Wildman–Crippen LogP) is 1.95. The van der Waals surface area contributed by atoms with Gasteiger partial charge < -0.3 is 14.2 Å². The molecule has 21 heavy (non-hydrogen) atoms. The summed E-state index contributed by atoms with van der Waals surface area (Å²) in [6.07, 6.45) is 0.556. The van der Waals surface area contributed by atoms with Gasteiger partial charge in [-0.15, -0.1) is 0 Å². The van der Waals surface area contributed by atoms with Gasteiger partial charge in [-0.3, -0.25) is 0 Å².